The quantitative estimate of drug-likeness (QED) is 0.575. The first kappa shape index (κ1) is 16.3. The zero-order valence-corrected chi connectivity index (χ0v) is 15.0. The number of aryl methyl sites for hydroxylation is 1. The molecule has 0 unspecified atom stereocenters. The summed E-state index contributed by atoms with van der Waals surface area (Å²) >= 11 is 1.54. The number of nitrogens with one attached hydrogen (secondary N) is 1. The third kappa shape index (κ3) is 3.04. The fraction of sp³-hybridized carbons (Fsp3) is 0.105. The Morgan fingerprint density at radius 2 is 2.12 bits per heavy atom. The third-order valence-corrected chi connectivity index (χ3v) is 4.69. The highest BCUT2D eigenvalue weighted by Gasteiger charge is 2.16. The Balaban J connectivity index is 1.67. The summed E-state index contributed by atoms with van der Waals surface area (Å²) in [6.07, 6.45) is 0. The maximum absolute atomic E-state index is 12.6. The molecule has 0 spiro atoms. The van der Waals surface area contributed by atoms with Crippen LogP contribution in [0.2, 0.25) is 0 Å². The van der Waals surface area contributed by atoms with Crippen molar-refractivity contribution in [1.29, 1.82) is 0 Å². The molecule has 2 aromatic carbocycles. The highest BCUT2D eigenvalue weighted by molar-refractivity contribution is 7.09. The summed E-state index contributed by atoms with van der Waals surface area (Å²) in [6.45, 7) is 1.93. The predicted octanol–water partition coefficient (Wildman–Crippen LogP) is 4.52. The van der Waals surface area contributed by atoms with E-state index in [-0.39, 0.29) is 5.91 Å². The number of amides is 1. The molecule has 0 radical (unpaired) electrons. The van der Waals surface area contributed by atoms with E-state index in [0.717, 1.165) is 16.1 Å². The first-order valence-corrected chi connectivity index (χ1v) is 8.79. The van der Waals surface area contributed by atoms with Crippen molar-refractivity contribution in [3.8, 4) is 17.1 Å². The van der Waals surface area contributed by atoms with Crippen molar-refractivity contribution in [3.05, 3.63) is 58.4 Å². The lowest BCUT2D eigenvalue weighted by molar-refractivity contribution is 0.102. The van der Waals surface area contributed by atoms with Crippen molar-refractivity contribution < 1.29 is 14.1 Å². The highest BCUT2D eigenvalue weighted by atomic mass is 32.1. The van der Waals surface area contributed by atoms with Gasteiger partial charge in [0.05, 0.1) is 17.5 Å². The number of anilines is 1. The molecule has 26 heavy (non-hydrogen) atoms. The number of fused-ring (bicyclic) bond motifs is 1. The average molecular weight is 365 g/mol. The topological polar surface area (TPSA) is 77.2 Å². The van der Waals surface area contributed by atoms with E-state index in [2.05, 4.69) is 15.5 Å². The lowest BCUT2D eigenvalue weighted by Crippen LogP contribution is -2.11. The first-order valence-electron chi connectivity index (χ1n) is 7.91. The fourth-order valence-corrected chi connectivity index (χ4v) is 3.24. The van der Waals surface area contributed by atoms with Gasteiger partial charge in [-0.05, 0) is 37.3 Å². The second-order valence-electron chi connectivity index (χ2n) is 5.68. The van der Waals surface area contributed by atoms with E-state index in [1.165, 1.54) is 0 Å². The minimum absolute atomic E-state index is 0.221. The molecule has 4 rings (SSSR count). The zero-order valence-electron chi connectivity index (χ0n) is 14.1. The van der Waals surface area contributed by atoms with Gasteiger partial charge in [-0.2, -0.15) is 0 Å². The number of carbonyl (C=O) groups excluding carboxylic acids is 1. The van der Waals surface area contributed by atoms with Crippen LogP contribution in [0.3, 0.4) is 0 Å². The van der Waals surface area contributed by atoms with Crippen molar-refractivity contribution >= 4 is 33.9 Å². The van der Waals surface area contributed by atoms with Crippen LogP contribution < -0.4 is 10.1 Å². The number of benzene rings is 2. The summed E-state index contributed by atoms with van der Waals surface area (Å²) < 4.78 is 10.5. The molecule has 0 saturated heterocycles. The van der Waals surface area contributed by atoms with Crippen molar-refractivity contribution in [1.82, 2.24) is 10.1 Å². The van der Waals surface area contributed by atoms with Gasteiger partial charge in [-0.3, -0.25) is 4.79 Å². The normalized spacial score (nSPS) is 10.8. The molecule has 2 aromatic heterocycles. The van der Waals surface area contributed by atoms with Crippen LogP contribution in [0.1, 0.15) is 15.4 Å². The largest absolute Gasteiger partial charge is 0.497 e. The summed E-state index contributed by atoms with van der Waals surface area (Å²) in [4.78, 5) is 17.1. The molecule has 7 heteroatoms. The smallest absolute Gasteiger partial charge is 0.255 e. The van der Waals surface area contributed by atoms with Crippen LogP contribution in [0.5, 0.6) is 5.75 Å². The van der Waals surface area contributed by atoms with Crippen LogP contribution in [-0.2, 0) is 0 Å². The van der Waals surface area contributed by atoms with E-state index < -0.39 is 0 Å². The summed E-state index contributed by atoms with van der Waals surface area (Å²) in [6, 6.07) is 12.4. The van der Waals surface area contributed by atoms with Crippen LogP contribution >= 0.6 is 11.3 Å². The molecule has 0 atom stereocenters. The van der Waals surface area contributed by atoms with Crippen LogP contribution in [-0.4, -0.2) is 23.2 Å². The molecule has 6 nitrogen and oxygen atoms in total. The number of hydrogen-bond acceptors (Lipinski definition) is 6. The van der Waals surface area contributed by atoms with Gasteiger partial charge in [0.1, 0.15) is 17.1 Å². The summed E-state index contributed by atoms with van der Waals surface area (Å²) in [5.74, 6) is 0.459. The minimum atomic E-state index is -0.221. The number of methoxy groups -OCH3 is 1. The average Bonchev–Trinajstić information content (AvgIpc) is 3.27. The Morgan fingerprint density at radius 3 is 2.88 bits per heavy atom. The number of carbonyl (C=O) groups is 1. The van der Waals surface area contributed by atoms with Gasteiger partial charge in [0.25, 0.3) is 5.91 Å². The zero-order chi connectivity index (χ0) is 18.1. The van der Waals surface area contributed by atoms with E-state index in [4.69, 9.17) is 9.26 Å². The second-order valence-corrected chi connectivity index (χ2v) is 6.74. The van der Waals surface area contributed by atoms with Crippen molar-refractivity contribution in [2.45, 2.75) is 6.92 Å². The number of hydrogen-bond donors (Lipinski definition) is 1. The van der Waals surface area contributed by atoms with Gasteiger partial charge in [-0.15, -0.1) is 11.3 Å². The van der Waals surface area contributed by atoms with Gasteiger partial charge in [0.15, 0.2) is 5.58 Å². The lowest BCUT2D eigenvalue weighted by atomic mass is 10.1. The van der Waals surface area contributed by atoms with Crippen molar-refractivity contribution in [3.63, 3.8) is 0 Å². The number of rotatable bonds is 4. The Morgan fingerprint density at radius 1 is 1.23 bits per heavy atom. The molecule has 130 valence electrons. The fourth-order valence-electron chi connectivity index (χ4n) is 2.64. The van der Waals surface area contributed by atoms with Gasteiger partial charge in [0, 0.05) is 22.7 Å². The number of thiazole rings is 1. The van der Waals surface area contributed by atoms with Crippen LogP contribution in [0.25, 0.3) is 22.4 Å². The molecular formula is C19H15N3O3S. The third-order valence-electron chi connectivity index (χ3n) is 3.92. The van der Waals surface area contributed by atoms with Crippen LogP contribution in [0.4, 0.5) is 5.69 Å². The molecule has 1 N–H and O–H groups in total. The molecule has 2 heterocycles. The van der Waals surface area contributed by atoms with Crippen molar-refractivity contribution in [2.75, 3.05) is 12.4 Å². The molecule has 0 bridgehead atoms. The number of aromatic nitrogens is 2. The van der Waals surface area contributed by atoms with Crippen molar-refractivity contribution in [2.24, 2.45) is 0 Å². The maximum atomic E-state index is 12.6. The SMILES string of the molecule is COc1cccc(NC(=O)c2ccc3onc(-c4csc(C)n4)c3c2)c1. The van der Waals surface area contributed by atoms with E-state index >= 15 is 0 Å². The predicted molar refractivity (Wildman–Crippen MR) is 101 cm³/mol. The van der Waals surface area contributed by atoms with E-state index in [9.17, 15) is 4.79 Å². The Labute approximate surface area is 153 Å². The van der Waals surface area contributed by atoms with Gasteiger partial charge < -0.3 is 14.6 Å². The highest BCUT2D eigenvalue weighted by Crippen LogP contribution is 2.29. The minimum Gasteiger partial charge on any atom is -0.497 e. The van der Waals surface area contributed by atoms with Gasteiger partial charge in [0.2, 0.25) is 0 Å². The number of nitrogens with zero attached hydrogens (tertiary/aromatic N) is 2. The second kappa shape index (κ2) is 6.61. The van der Waals surface area contributed by atoms with Gasteiger partial charge in [-0.1, -0.05) is 11.2 Å². The Hall–Kier alpha value is -3.19. The van der Waals surface area contributed by atoms with Crippen LogP contribution in [0.15, 0.2) is 52.4 Å². The molecule has 0 saturated carbocycles. The lowest BCUT2D eigenvalue weighted by Gasteiger charge is -2.07. The molecule has 0 aliphatic carbocycles. The van der Waals surface area contributed by atoms with Gasteiger partial charge >= 0.3 is 0 Å². The standard InChI is InChI=1S/C19H15N3O3S/c1-11-20-16(10-26-11)18-15-8-12(6-7-17(15)25-22-18)19(23)21-13-4-3-5-14(9-13)24-2/h3-10H,1-2H3,(H,21,23). The molecule has 0 aliphatic rings. The summed E-state index contributed by atoms with van der Waals surface area (Å²) in [5.41, 5.74) is 3.17. The van der Waals surface area contributed by atoms with Crippen LogP contribution in [0, 0.1) is 6.92 Å². The number of ether oxygens (including phenoxy) is 1. The van der Waals surface area contributed by atoms with E-state index in [1.54, 1.807) is 42.7 Å². The van der Waals surface area contributed by atoms with E-state index in [0.29, 0.717) is 28.3 Å². The molecule has 0 aliphatic heterocycles. The maximum Gasteiger partial charge on any atom is 0.255 e. The Bertz CT molecular complexity index is 1100. The first-order chi connectivity index (χ1) is 12.6. The van der Waals surface area contributed by atoms with Gasteiger partial charge in [-0.25, -0.2) is 4.98 Å². The molecule has 4 aromatic rings. The summed E-state index contributed by atoms with van der Waals surface area (Å²) in [5, 5.41) is 10.6. The summed E-state index contributed by atoms with van der Waals surface area (Å²) in [7, 11) is 1.59. The van der Waals surface area contributed by atoms with E-state index in [1.807, 2.05) is 30.5 Å². The molecule has 0 fully saturated rings. The molecular weight excluding hydrogens is 350 g/mol. The monoisotopic (exact) mass is 365 g/mol. The Kier molecular flexibility index (Phi) is 4.14. The molecule has 1 amide bonds.